The molecule has 0 spiro atoms. The Morgan fingerprint density at radius 1 is 0.386 bits per heavy atom. The van der Waals surface area contributed by atoms with Crippen LogP contribution in [0.15, 0.2) is 97.1 Å². The molecule has 0 atom stereocenters. The van der Waals surface area contributed by atoms with Gasteiger partial charge in [-0.25, -0.2) is 9.80 Å². The number of carbonyl (C=O) groups excluding carboxylic acids is 4. The van der Waals surface area contributed by atoms with Crippen LogP contribution in [0.4, 0.5) is 11.4 Å². The quantitative estimate of drug-likeness (QED) is 0.120. The molecule has 44 heavy (non-hydrogen) atoms. The van der Waals surface area contributed by atoms with Crippen LogP contribution in [0, 0.1) is 13.8 Å². The van der Waals surface area contributed by atoms with E-state index in [1.807, 2.05) is 74.5 Å². The molecule has 0 radical (unpaired) electrons. The fourth-order valence-electron chi connectivity index (χ4n) is 7.27. The van der Waals surface area contributed by atoms with Crippen molar-refractivity contribution in [2.45, 2.75) is 13.8 Å². The van der Waals surface area contributed by atoms with Crippen molar-refractivity contribution in [1.29, 1.82) is 0 Å². The highest BCUT2D eigenvalue weighted by molar-refractivity contribution is 6.45. The second kappa shape index (κ2) is 8.36. The highest BCUT2D eigenvalue weighted by Gasteiger charge is 2.37. The Labute approximate surface area is 251 Å². The summed E-state index contributed by atoms with van der Waals surface area (Å²) in [4.78, 5) is 58.1. The third-order valence-corrected chi connectivity index (χ3v) is 9.16. The van der Waals surface area contributed by atoms with Crippen LogP contribution in [0.1, 0.15) is 52.6 Å². The van der Waals surface area contributed by atoms with Crippen molar-refractivity contribution >= 4 is 78.1 Å². The summed E-state index contributed by atoms with van der Waals surface area (Å²) >= 11 is 0. The van der Waals surface area contributed by atoms with E-state index in [4.69, 9.17) is 0 Å². The number of hydrogen-bond acceptors (Lipinski definition) is 4. The van der Waals surface area contributed by atoms with Crippen molar-refractivity contribution in [3.05, 3.63) is 130 Å². The molecule has 7 aromatic rings. The van der Waals surface area contributed by atoms with Gasteiger partial charge in [0.05, 0.1) is 11.4 Å². The van der Waals surface area contributed by atoms with E-state index in [1.54, 1.807) is 36.4 Å². The Balaban J connectivity index is 1.32. The smallest absolute Gasteiger partial charge is 0.265 e. The van der Waals surface area contributed by atoms with Crippen LogP contribution in [-0.4, -0.2) is 23.6 Å². The molecule has 7 aromatic carbocycles. The third-order valence-electron chi connectivity index (χ3n) is 9.16. The van der Waals surface area contributed by atoms with E-state index in [2.05, 4.69) is 0 Å². The van der Waals surface area contributed by atoms with Crippen LogP contribution >= 0.6 is 0 Å². The molecule has 0 saturated heterocycles. The normalized spacial score (nSPS) is 14.7. The summed E-state index contributed by atoms with van der Waals surface area (Å²) in [7, 11) is 0. The topological polar surface area (TPSA) is 74.8 Å². The van der Waals surface area contributed by atoms with Crippen molar-refractivity contribution in [1.82, 2.24) is 0 Å². The molecule has 0 N–H and O–H groups in total. The SMILES string of the molecule is Cc1cccc(N2C(=O)c3ccc4c5ccc6c7c(ccc(c8ccc(c3c48)C2=O)c75)C(=O)N(c2cccc(C)c2)C6=O)c1. The molecule has 9 rings (SSSR count). The lowest BCUT2D eigenvalue weighted by Gasteiger charge is -2.30. The number of anilines is 2. The zero-order chi connectivity index (χ0) is 30.0. The number of hydrogen-bond donors (Lipinski definition) is 0. The monoisotopic (exact) mass is 570 g/mol. The highest BCUT2D eigenvalue weighted by atomic mass is 16.2. The number of fused-ring (bicyclic) bond motifs is 2. The van der Waals surface area contributed by atoms with Gasteiger partial charge < -0.3 is 0 Å². The van der Waals surface area contributed by atoms with Crippen molar-refractivity contribution in [2.24, 2.45) is 0 Å². The number of aryl methyl sites for hydroxylation is 2. The lowest BCUT2D eigenvalue weighted by atomic mass is 9.82. The van der Waals surface area contributed by atoms with Crippen LogP contribution in [0.25, 0.3) is 43.1 Å². The van der Waals surface area contributed by atoms with Gasteiger partial charge >= 0.3 is 0 Å². The van der Waals surface area contributed by atoms with Gasteiger partial charge in [-0.2, -0.15) is 0 Å². The summed E-state index contributed by atoms with van der Waals surface area (Å²) in [6.07, 6.45) is 0. The van der Waals surface area contributed by atoms with Crippen LogP contribution in [0.3, 0.4) is 0 Å². The first kappa shape index (κ1) is 24.7. The number of carbonyl (C=O) groups is 4. The number of imide groups is 2. The van der Waals surface area contributed by atoms with Gasteiger partial charge in [0.1, 0.15) is 0 Å². The van der Waals surface area contributed by atoms with E-state index >= 15 is 0 Å². The molecular weight excluding hydrogens is 548 g/mol. The van der Waals surface area contributed by atoms with Gasteiger partial charge in [0, 0.05) is 33.0 Å². The molecular formula is C38H22N2O4. The summed E-state index contributed by atoms with van der Waals surface area (Å²) < 4.78 is 0. The molecule has 0 fully saturated rings. The Morgan fingerprint density at radius 2 is 0.705 bits per heavy atom. The molecule has 0 unspecified atom stereocenters. The van der Waals surface area contributed by atoms with E-state index < -0.39 is 0 Å². The molecule has 208 valence electrons. The van der Waals surface area contributed by atoms with E-state index in [0.29, 0.717) is 44.4 Å². The van der Waals surface area contributed by atoms with Crippen molar-refractivity contribution in [2.75, 3.05) is 9.80 Å². The van der Waals surface area contributed by atoms with Crippen molar-refractivity contribution in [3.63, 3.8) is 0 Å². The average molecular weight is 571 g/mol. The standard InChI is InChI=1S/C38H22N2O4/c1-19-5-3-7-21(17-19)39-35(41)27-13-9-23-25-11-15-29-34-30(38(44)40(37(29)43)22-8-4-6-20(2)18-22)16-12-26(32(25)34)24-10-14-28(36(39)42)33(27)31(23)24/h3-18H,1-2H3. The Kier molecular flexibility index (Phi) is 4.69. The van der Waals surface area contributed by atoms with Gasteiger partial charge in [0.2, 0.25) is 0 Å². The van der Waals surface area contributed by atoms with Gasteiger partial charge in [0.15, 0.2) is 0 Å². The minimum Gasteiger partial charge on any atom is -0.268 e. The third kappa shape index (κ3) is 2.99. The second-order valence-corrected chi connectivity index (χ2v) is 11.7. The zero-order valence-electron chi connectivity index (χ0n) is 23.8. The first-order valence-corrected chi connectivity index (χ1v) is 14.4. The maximum absolute atomic E-state index is 13.9. The Morgan fingerprint density at radius 3 is 1.00 bits per heavy atom. The largest absolute Gasteiger partial charge is 0.268 e. The fraction of sp³-hybridized carbons (Fsp3) is 0.0526. The minimum atomic E-state index is -0.361. The number of amides is 4. The van der Waals surface area contributed by atoms with E-state index in [1.165, 1.54) is 9.80 Å². The molecule has 0 bridgehead atoms. The van der Waals surface area contributed by atoms with Crippen LogP contribution in [0.5, 0.6) is 0 Å². The van der Waals surface area contributed by atoms with Crippen molar-refractivity contribution < 1.29 is 19.2 Å². The molecule has 2 heterocycles. The zero-order valence-corrected chi connectivity index (χ0v) is 23.8. The van der Waals surface area contributed by atoms with Crippen LogP contribution in [-0.2, 0) is 0 Å². The predicted octanol–water partition coefficient (Wildman–Crippen LogP) is 7.96. The highest BCUT2D eigenvalue weighted by Crippen LogP contribution is 2.47. The summed E-state index contributed by atoms with van der Waals surface area (Å²) in [5, 5.41) is 6.38. The van der Waals surface area contributed by atoms with Gasteiger partial charge in [-0.05, 0) is 106 Å². The lowest BCUT2D eigenvalue weighted by molar-refractivity contribution is 0.0877. The van der Waals surface area contributed by atoms with Gasteiger partial charge in [-0.1, -0.05) is 48.5 Å². The number of rotatable bonds is 2. The van der Waals surface area contributed by atoms with Gasteiger partial charge in [0.25, 0.3) is 23.6 Å². The Hall–Kier alpha value is -5.88. The maximum atomic E-state index is 13.9. The fourth-order valence-corrected chi connectivity index (χ4v) is 7.27. The molecule has 6 heteroatoms. The molecule has 0 aromatic heterocycles. The molecule has 0 aliphatic carbocycles. The number of nitrogens with zero attached hydrogens (tertiary/aromatic N) is 2. The van der Waals surface area contributed by atoms with Crippen LogP contribution < -0.4 is 9.80 Å². The first-order valence-electron chi connectivity index (χ1n) is 14.4. The van der Waals surface area contributed by atoms with Gasteiger partial charge in [-0.3, -0.25) is 19.2 Å². The van der Waals surface area contributed by atoms with E-state index in [-0.39, 0.29) is 23.6 Å². The summed E-state index contributed by atoms with van der Waals surface area (Å²) in [5.41, 5.74) is 4.86. The Bertz CT molecular complexity index is 2220. The molecule has 2 aliphatic heterocycles. The molecule has 4 amide bonds. The molecule has 6 nitrogen and oxygen atoms in total. The summed E-state index contributed by atoms with van der Waals surface area (Å²) in [5.74, 6) is -1.44. The van der Waals surface area contributed by atoms with Crippen molar-refractivity contribution in [3.8, 4) is 0 Å². The maximum Gasteiger partial charge on any atom is 0.265 e. The predicted molar refractivity (Wildman–Crippen MR) is 172 cm³/mol. The summed E-state index contributed by atoms with van der Waals surface area (Å²) in [6, 6.07) is 29.6. The molecule has 2 aliphatic rings. The second-order valence-electron chi connectivity index (χ2n) is 11.7. The van der Waals surface area contributed by atoms with E-state index in [0.717, 1.165) is 43.4 Å². The first-order chi connectivity index (χ1) is 21.3. The van der Waals surface area contributed by atoms with Gasteiger partial charge in [-0.15, -0.1) is 0 Å². The average Bonchev–Trinajstić information content (AvgIpc) is 3.02. The van der Waals surface area contributed by atoms with Crippen LogP contribution in [0.2, 0.25) is 0 Å². The molecule has 0 saturated carbocycles. The number of benzene rings is 7. The minimum absolute atomic E-state index is 0.361. The lowest BCUT2D eigenvalue weighted by Crippen LogP contribution is -2.40. The van der Waals surface area contributed by atoms with E-state index in [9.17, 15) is 19.2 Å². The summed E-state index contributed by atoms with van der Waals surface area (Å²) in [6.45, 7) is 3.85.